The molecule has 2 nitrogen and oxygen atoms in total. The second-order valence-electron chi connectivity index (χ2n) is 15.3. The number of unbranched alkanes of at least 4 members (excludes halogenated alkanes) is 25. The summed E-state index contributed by atoms with van der Waals surface area (Å²) >= 11 is 0. The molecule has 0 N–H and O–H groups in total. The lowest BCUT2D eigenvalue weighted by Crippen LogP contribution is -1.99. The fraction of sp³-hybridized carbons (Fsp3) is 0.708. The van der Waals surface area contributed by atoms with E-state index >= 15 is 0 Å². The predicted octanol–water partition coefficient (Wildman–Crippen LogP) is 16.6. The summed E-state index contributed by atoms with van der Waals surface area (Å²) in [4.78, 5) is 10.0. The Morgan fingerprint density at radius 3 is 1.20 bits per heavy atom. The maximum atomic E-state index is 5.09. The maximum Gasteiger partial charge on any atom is 0.0636 e. The number of aliphatic imine (C=N–C) groups is 2. The number of hydrogen-bond donors (Lipinski definition) is 0. The van der Waals surface area contributed by atoms with Gasteiger partial charge < -0.3 is 0 Å². The van der Waals surface area contributed by atoms with Crippen molar-refractivity contribution in [3.8, 4) is 0 Å². The van der Waals surface area contributed by atoms with Gasteiger partial charge in [0.25, 0.3) is 0 Å². The summed E-state index contributed by atoms with van der Waals surface area (Å²) in [6.45, 7) is 6.85. The second kappa shape index (κ2) is 32.7. The van der Waals surface area contributed by atoms with Crippen LogP contribution in [-0.4, -0.2) is 11.9 Å². The zero-order valence-electron chi connectivity index (χ0n) is 33.5. The van der Waals surface area contributed by atoms with Crippen molar-refractivity contribution in [2.45, 2.75) is 220 Å². The van der Waals surface area contributed by atoms with Crippen LogP contribution in [0.3, 0.4) is 0 Å². The van der Waals surface area contributed by atoms with Crippen molar-refractivity contribution < 1.29 is 0 Å². The summed E-state index contributed by atoms with van der Waals surface area (Å²) in [5.74, 6) is 0. The van der Waals surface area contributed by atoms with Gasteiger partial charge in [0.15, 0.2) is 0 Å². The van der Waals surface area contributed by atoms with Gasteiger partial charge >= 0.3 is 0 Å². The van der Waals surface area contributed by atoms with Gasteiger partial charge in [0.1, 0.15) is 0 Å². The highest BCUT2D eigenvalue weighted by atomic mass is 14.8. The molecule has 0 saturated heterocycles. The summed E-state index contributed by atoms with van der Waals surface area (Å²) in [7, 11) is 0. The predicted molar refractivity (Wildman–Crippen MR) is 226 cm³/mol. The van der Waals surface area contributed by atoms with Crippen LogP contribution in [0.15, 0.2) is 58.5 Å². The summed E-state index contributed by atoms with van der Waals surface area (Å²) in [6, 6.07) is 17.8. The fourth-order valence-corrected chi connectivity index (χ4v) is 7.09. The molecule has 50 heavy (non-hydrogen) atoms. The molecule has 0 fully saturated rings. The molecule has 2 aromatic carbocycles. The molecule has 2 aromatic rings. The van der Waals surface area contributed by atoms with Crippen molar-refractivity contribution in [3.63, 3.8) is 0 Å². The van der Waals surface area contributed by atoms with Crippen LogP contribution in [0.5, 0.6) is 0 Å². The number of aryl methyl sites for hydroxylation is 2. The summed E-state index contributed by atoms with van der Waals surface area (Å²) in [6.07, 6.45) is 44.1. The van der Waals surface area contributed by atoms with Crippen LogP contribution in [0, 0.1) is 0 Å². The van der Waals surface area contributed by atoms with Gasteiger partial charge in [0.05, 0.1) is 17.1 Å². The lowest BCUT2D eigenvalue weighted by Gasteiger charge is -2.06. The Morgan fingerprint density at radius 1 is 0.420 bits per heavy atom. The molecule has 0 amide bonds. The van der Waals surface area contributed by atoms with E-state index < -0.39 is 0 Å². The van der Waals surface area contributed by atoms with E-state index in [1.165, 1.54) is 184 Å². The van der Waals surface area contributed by atoms with E-state index in [2.05, 4.69) is 69.3 Å². The van der Waals surface area contributed by atoms with Crippen LogP contribution in [0.4, 0.5) is 11.4 Å². The topological polar surface area (TPSA) is 24.7 Å². The third-order valence-electron chi connectivity index (χ3n) is 10.4. The zero-order valence-corrected chi connectivity index (χ0v) is 33.5. The normalized spacial score (nSPS) is 12.0. The van der Waals surface area contributed by atoms with E-state index in [9.17, 15) is 0 Å². The quantitative estimate of drug-likeness (QED) is 0.0518. The minimum Gasteiger partial charge on any atom is -0.255 e. The highest BCUT2D eigenvalue weighted by molar-refractivity contribution is 6.31. The van der Waals surface area contributed by atoms with E-state index in [0.717, 1.165) is 42.8 Å². The van der Waals surface area contributed by atoms with E-state index in [1.807, 2.05) is 6.21 Å². The first-order valence-electron chi connectivity index (χ1n) is 22.0. The van der Waals surface area contributed by atoms with Gasteiger partial charge in [0, 0.05) is 6.21 Å². The van der Waals surface area contributed by atoms with Crippen molar-refractivity contribution >= 4 is 23.3 Å². The highest BCUT2D eigenvalue weighted by Gasteiger charge is 2.02. The van der Waals surface area contributed by atoms with Crippen LogP contribution in [0.25, 0.3) is 0 Å². The van der Waals surface area contributed by atoms with Crippen LogP contribution in [0.2, 0.25) is 0 Å². The van der Waals surface area contributed by atoms with E-state index in [-0.39, 0.29) is 0 Å². The van der Waals surface area contributed by atoms with E-state index in [1.54, 1.807) is 0 Å². The van der Waals surface area contributed by atoms with Gasteiger partial charge in [-0.3, -0.25) is 9.98 Å². The number of rotatable bonds is 34. The minimum atomic E-state index is 0.974. The molecular formula is C48H80N2. The SMILES string of the molecule is CCCCCCCCCCCCCCCc1cccc(N=CC(CCCC)=Nc2cccc(CCCCCCCCCCCCCCC)c2)c1. The molecule has 0 aliphatic heterocycles. The Balaban J connectivity index is 1.68. The van der Waals surface area contributed by atoms with Gasteiger partial charge in [-0.05, 0) is 73.9 Å². The number of benzene rings is 2. The molecule has 2 heteroatoms. The van der Waals surface area contributed by atoms with Crippen molar-refractivity contribution in [1.29, 1.82) is 0 Å². The molecule has 0 atom stereocenters. The maximum absolute atomic E-state index is 5.09. The summed E-state index contributed by atoms with van der Waals surface area (Å²) in [5.41, 5.74) is 6.05. The molecule has 0 aliphatic carbocycles. The average Bonchev–Trinajstić information content (AvgIpc) is 3.13. The van der Waals surface area contributed by atoms with Crippen LogP contribution >= 0.6 is 0 Å². The average molecular weight is 685 g/mol. The van der Waals surface area contributed by atoms with Gasteiger partial charge in [-0.1, -0.05) is 206 Å². The standard InChI is InChI=1S/C48H80N2/c1-4-7-10-12-14-16-18-20-22-24-26-28-30-34-44-36-32-39-46(41-44)49-43-48(38-9-6-3)50-47-40-33-37-45(42-47)35-31-29-27-25-23-21-19-17-15-13-11-8-5-2/h32-33,36-37,39-43H,4-31,34-35,38H2,1-3H3. The van der Waals surface area contributed by atoms with Crippen molar-refractivity contribution in [3.05, 3.63) is 59.7 Å². The molecule has 0 unspecified atom stereocenters. The van der Waals surface area contributed by atoms with Gasteiger partial charge in [-0.2, -0.15) is 0 Å². The van der Waals surface area contributed by atoms with Crippen molar-refractivity contribution in [1.82, 2.24) is 0 Å². The molecule has 2 rings (SSSR count). The zero-order chi connectivity index (χ0) is 35.6. The third-order valence-corrected chi connectivity index (χ3v) is 10.4. The van der Waals surface area contributed by atoms with Crippen molar-refractivity contribution in [2.75, 3.05) is 0 Å². The van der Waals surface area contributed by atoms with Gasteiger partial charge in [0.2, 0.25) is 0 Å². The summed E-state index contributed by atoms with van der Waals surface area (Å²) in [5, 5.41) is 0. The minimum absolute atomic E-state index is 0.974. The lowest BCUT2D eigenvalue weighted by atomic mass is 10.0. The number of hydrogen-bond acceptors (Lipinski definition) is 2. The van der Waals surface area contributed by atoms with Crippen LogP contribution in [0.1, 0.15) is 218 Å². The van der Waals surface area contributed by atoms with E-state index in [4.69, 9.17) is 9.98 Å². The molecule has 0 bridgehead atoms. The number of nitrogens with zero attached hydrogens (tertiary/aromatic N) is 2. The Kier molecular flexibility index (Phi) is 28.7. The monoisotopic (exact) mass is 685 g/mol. The smallest absolute Gasteiger partial charge is 0.0636 e. The lowest BCUT2D eigenvalue weighted by molar-refractivity contribution is 0.539. The molecule has 0 spiro atoms. The van der Waals surface area contributed by atoms with E-state index in [0.29, 0.717) is 0 Å². The van der Waals surface area contributed by atoms with Gasteiger partial charge in [-0.15, -0.1) is 0 Å². The molecule has 0 radical (unpaired) electrons. The largest absolute Gasteiger partial charge is 0.255 e. The molecule has 0 saturated carbocycles. The molecule has 0 aliphatic rings. The fourth-order valence-electron chi connectivity index (χ4n) is 7.09. The Hall–Kier alpha value is -2.22. The highest BCUT2D eigenvalue weighted by Crippen LogP contribution is 2.21. The van der Waals surface area contributed by atoms with Crippen LogP contribution < -0.4 is 0 Å². The third kappa shape index (κ3) is 24.8. The molecule has 0 heterocycles. The second-order valence-corrected chi connectivity index (χ2v) is 15.3. The molecule has 0 aromatic heterocycles. The van der Waals surface area contributed by atoms with Crippen molar-refractivity contribution in [2.24, 2.45) is 9.98 Å². The summed E-state index contributed by atoms with van der Waals surface area (Å²) < 4.78 is 0. The van der Waals surface area contributed by atoms with Gasteiger partial charge in [-0.25, -0.2) is 0 Å². The molecular weight excluding hydrogens is 605 g/mol. The Morgan fingerprint density at radius 2 is 0.780 bits per heavy atom. The molecule has 282 valence electrons. The van der Waals surface area contributed by atoms with Crippen LogP contribution in [-0.2, 0) is 12.8 Å². The Bertz CT molecular complexity index is 1100. The first-order chi connectivity index (χ1) is 24.7. The first-order valence-corrected chi connectivity index (χ1v) is 22.0. The first kappa shape index (κ1) is 43.9. The Labute approximate surface area is 311 Å².